The van der Waals surface area contributed by atoms with Gasteiger partial charge in [-0.15, -0.1) is 0 Å². The number of ether oxygens (including phenoxy) is 1. The number of aliphatic hydroxyl groups is 1. The van der Waals surface area contributed by atoms with Gasteiger partial charge in [0.2, 0.25) is 0 Å². The lowest BCUT2D eigenvalue weighted by molar-refractivity contribution is -0.383. The number of nitro benzene ring substituents is 1. The second kappa shape index (κ2) is 9.36. The highest BCUT2D eigenvalue weighted by Gasteiger charge is 2.13. The fourth-order valence-electron chi connectivity index (χ4n) is 2.13. The van der Waals surface area contributed by atoms with Crippen LogP contribution in [0.3, 0.4) is 0 Å². The Hall–Kier alpha value is -2.80. The predicted molar refractivity (Wildman–Crippen MR) is 93.7 cm³/mol. The van der Waals surface area contributed by atoms with E-state index < -0.39 is 4.92 Å². The van der Waals surface area contributed by atoms with Crippen LogP contribution in [-0.2, 0) is 0 Å². The molecule has 24 heavy (non-hydrogen) atoms. The summed E-state index contributed by atoms with van der Waals surface area (Å²) in [4.78, 5) is 10.7. The van der Waals surface area contributed by atoms with Crippen molar-refractivity contribution in [3.05, 3.63) is 58.6 Å². The standard InChI is InChI=1S/C17H21N3O4/c21-11-4-9-18-14-7-8-17(20(22)23)16(13-14)19-10-12-24-15-5-2-1-3-6-15/h1-3,5-8,13,18-19,21H,4,9-12H2. The number of benzene rings is 2. The Bertz CT molecular complexity index is 650. The van der Waals surface area contributed by atoms with Crippen LogP contribution < -0.4 is 15.4 Å². The van der Waals surface area contributed by atoms with Gasteiger partial charge in [0.1, 0.15) is 18.0 Å². The zero-order valence-corrected chi connectivity index (χ0v) is 13.3. The van der Waals surface area contributed by atoms with Gasteiger partial charge in [-0.2, -0.15) is 0 Å². The molecule has 7 nitrogen and oxygen atoms in total. The lowest BCUT2D eigenvalue weighted by Gasteiger charge is -2.11. The summed E-state index contributed by atoms with van der Waals surface area (Å²) < 4.78 is 5.56. The van der Waals surface area contributed by atoms with Crippen LogP contribution >= 0.6 is 0 Å². The van der Waals surface area contributed by atoms with Crippen molar-refractivity contribution < 1.29 is 14.8 Å². The Morgan fingerprint density at radius 2 is 1.88 bits per heavy atom. The molecule has 0 aliphatic carbocycles. The smallest absolute Gasteiger partial charge is 0.292 e. The van der Waals surface area contributed by atoms with E-state index in [1.807, 2.05) is 30.3 Å². The number of hydrogen-bond acceptors (Lipinski definition) is 6. The largest absolute Gasteiger partial charge is 0.492 e. The zero-order chi connectivity index (χ0) is 17.2. The summed E-state index contributed by atoms with van der Waals surface area (Å²) in [5.41, 5.74) is 1.22. The van der Waals surface area contributed by atoms with E-state index in [-0.39, 0.29) is 12.3 Å². The first kappa shape index (κ1) is 17.6. The average Bonchev–Trinajstić information content (AvgIpc) is 2.60. The molecule has 0 fully saturated rings. The second-order valence-electron chi connectivity index (χ2n) is 5.08. The Balaban J connectivity index is 1.93. The van der Waals surface area contributed by atoms with Gasteiger partial charge in [0, 0.05) is 31.5 Å². The van der Waals surface area contributed by atoms with Crippen LogP contribution in [-0.4, -0.2) is 36.3 Å². The van der Waals surface area contributed by atoms with Gasteiger partial charge in [-0.25, -0.2) is 0 Å². The van der Waals surface area contributed by atoms with Gasteiger partial charge >= 0.3 is 0 Å². The van der Waals surface area contributed by atoms with Crippen molar-refractivity contribution in [3.8, 4) is 5.75 Å². The Labute approximate surface area is 140 Å². The molecule has 2 aromatic carbocycles. The SMILES string of the molecule is O=[N+]([O-])c1ccc(NCCCO)cc1NCCOc1ccccc1. The first-order valence-corrected chi connectivity index (χ1v) is 7.75. The molecule has 7 heteroatoms. The maximum Gasteiger partial charge on any atom is 0.292 e. The van der Waals surface area contributed by atoms with Crippen LogP contribution in [0.1, 0.15) is 6.42 Å². The van der Waals surface area contributed by atoms with E-state index in [0.717, 1.165) is 11.4 Å². The van der Waals surface area contributed by atoms with E-state index in [0.29, 0.717) is 31.8 Å². The molecular weight excluding hydrogens is 310 g/mol. The molecule has 0 aliphatic rings. The third kappa shape index (κ3) is 5.44. The van der Waals surface area contributed by atoms with E-state index in [1.54, 1.807) is 12.1 Å². The average molecular weight is 331 g/mol. The lowest BCUT2D eigenvalue weighted by Crippen LogP contribution is -2.13. The molecule has 0 aliphatic heterocycles. The summed E-state index contributed by atoms with van der Waals surface area (Å²) >= 11 is 0. The van der Waals surface area contributed by atoms with E-state index in [9.17, 15) is 10.1 Å². The van der Waals surface area contributed by atoms with E-state index >= 15 is 0 Å². The minimum Gasteiger partial charge on any atom is -0.492 e. The summed E-state index contributed by atoms with van der Waals surface area (Å²) in [6.45, 7) is 1.53. The van der Waals surface area contributed by atoms with E-state index in [2.05, 4.69) is 10.6 Å². The molecule has 0 saturated carbocycles. The number of aliphatic hydroxyl groups excluding tert-OH is 1. The molecule has 0 saturated heterocycles. The third-order valence-corrected chi connectivity index (χ3v) is 3.29. The first-order valence-electron chi connectivity index (χ1n) is 7.75. The van der Waals surface area contributed by atoms with Crippen molar-refractivity contribution in [2.45, 2.75) is 6.42 Å². The van der Waals surface area contributed by atoms with Gasteiger partial charge in [-0.05, 0) is 30.7 Å². The molecule has 3 N–H and O–H groups in total. The summed E-state index contributed by atoms with van der Waals surface area (Å²) in [5.74, 6) is 0.758. The van der Waals surface area contributed by atoms with Crippen molar-refractivity contribution in [2.75, 3.05) is 36.9 Å². The molecule has 0 spiro atoms. The third-order valence-electron chi connectivity index (χ3n) is 3.29. The summed E-state index contributed by atoms with van der Waals surface area (Å²) in [7, 11) is 0. The molecule has 0 amide bonds. The normalized spacial score (nSPS) is 10.2. The quantitative estimate of drug-likeness (QED) is 0.352. The highest BCUT2D eigenvalue weighted by atomic mass is 16.6. The highest BCUT2D eigenvalue weighted by molar-refractivity contribution is 5.68. The van der Waals surface area contributed by atoms with Crippen molar-refractivity contribution in [3.63, 3.8) is 0 Å². The van der Waals surface area contributed by atoms with Gasteiger partial charge in [-0.1, -0.05) is 18.2 Å². The maximum absolute atomic E-state index is 11.1. The molecule has 0 aromatic heterocycles. The van der Waals surface area contributed by atoms with Gasteiger partial charge in [0.15, 0.2) is 0 Å². The van der Waals surface area contributed by atoms with Crippen LogP contribution in [0, 0.1) is 10.1 Å². The van der Waals surface area contributed by atoms with Crippen molar-refractivity contribution >= 4 is 17.1 Å². The number of anilines is 2. The number of nitrogens with zero attached hydrogens (tertiary/aromatic N) is 1. The highest BCUT2D eigenvalue weighted by Crippen LogP contribution is 2.27. The van der Waals surface area contributed by atoms with Gasteiger partial charge in [-0.3, -0.25) is 10.1 Å². The number of hydrogen-bond donors (Lipinski definition) is 3. The molecular formula is C17H21N3O4. The molecule has 0 radical (unpaired) electrons. The molecule has 128 valence electrons. The number of rotatable bonds is 10. The van der Waals surface area contributed by atoms with Crippen LogP contribution in [0.5, 0.6) is 5.75 Å². The lowest BCUT2D eigenvalue weighted by atomic mass is 10.2. The molecule has 0 atom stereocenters. The van der Waals surface area contributed by atoms with E-state index in [4.69, 9.17) is 9.84 Å². The number of nitro groups is 1. The topological polar surface area (TPSA) is 96.7 Å². The Morgan fingerprint density at radius 3 is 2.58 bits per heavy atom. The Kier molecular flexibility index (Phi) is 6.85. The second-order valence-corrected chi connectivity index (χ2v) is 5.08. The van der Waals surface area contributed by atoms with Crippen LogP contribution in [0.15, 0.2) is 48.5 Å². The summed E-state index contributed by atoms with van der Waals surface area (Å²) in [6, 6.07) is 14.2. The van der Waals surface area contributed by atoms with Crippen LogP contribution in [0.4, 0.5) is 17.1 Å². The molecule has 0 unspecified atom stereocenters. The van der Waals surface area contributed by atoms with Crippen LogP contribution in [0.25, 0.3) is 0 Å². The number of para-hydroxylation sites is 1. The minimum absolute atomic E-state index is 0.0161. The van der Waals surface area contributed by atoms with Crippen LogP contribution in [0.2, 0.25) is 0 Å². The molecule has 0 heterocycles. The molecule has 2 aromatic rings. The van der Waals surface area contributed by atoms with Gasteiger partial charge < -0.3 is 20.5 Å². The molecule has 0 bridgehead atoms. The zero-order valence-electron chi connectivity index (χ0n) is 13.3. The Morgan fingerprint density at radius 1 is 1.08 bits per heavy atom. The monoisotopic (exact) mass is 331 g/mol. The van der Waals surface area contributed by atoms with E-state index in [1.165, 1.54) is 6.07 Å². The first-order chi connectivity index (χ1) is 11.7. The summed E-state index contributed by atoms with van der Waals surface area (Å²) in [6.07, 6.45) is 0.616. The number of nitrogens with one attached hydrogen (secondary N) is 2. The van der Waals surface area contributed by atoms with Crippen molar-refractivity contribution in [1.82, 2.24) is 0 Å². The molecule has 2 rings (SSSR count). The fraction of sp³-hybridized carbons (Fsp3) is 0.294. The fourth-order valence-corrected chi connectivity index (χ4v) is 2.13. The predicted octanol–water partition coefficient (Wildman–Crippen LogP) is 2.88. The summed E-state index contributed by atoms with van der Waals surface area (Å²) in [5, 5.41) is 26.1. The van der Waals surface area contributed by atoms with Crippen molar-refractivity contribution in [1.29, 1.82) is 0 Å². The maximum atomic E-state index is 11.1. The van der Waals surface area contributed by atoms with Gasteiger partial charge in [0.05, 0.1) is 4.92 Å². The minimum atomic E-state index is -0.419. The van der Waals surface area contributed by atoms with Gasteiger partial charge in [0.25, 0.3) is 5.69 Å². The van der Waals surface area contributed by atoms with Crippen molar-refractivity contribution in [2.24, 2.45) is 0 Å².